The third-order valence-corrected chi connectivity index (χ3v) is 14.6. The van der Waals surface area contributed by atoms with Gasteiger partial charge in [-0.3, -0.25) is 14.4 Å². The summed E-state index contributed by atoms with van der Waals surface area (Å²) in [4.78, 5) is 38.3. The third kappa shape index (κ3) is 63.4. The van der Waals surface area contributed by atoms with Crippen LogP contribution in [0.5, 0.6) is 0 Å². The summed E-state index contributed by atoms with van der Waals surface area (Å²) in [5, 5.41) is 0. The van der Waals surface area contributed by atoms with E-state index in [2.05, 4.69) is 106 Å². The molecule has 0 aliphatic rings. The van der Waals surface area contributed by atoms with Gasteiger partial charge in [0.25, 0.3) is 0 Å². The molecular formula is C72H126O6. The van der Waals surface area contributed by atoms with E-state index in [1.165, 1.54) is 186 Å². The molecule has 0 aromatic carbocycles. The molecular weight excluding hydrogens is 961 g/mol. The van der Waals surface area contributed by atoms with E-state index in [-0.39, 0.29) is 31.1 Å². The van der Waals surface area contributed by atoms with Gasteiger partial charge in [-0.1, -0.05) is 305 Å². The van der Waals surface area contributed by atoms with Crippen LogP contribution in [-0.4, -0.2) is 37.2 Å². The second kappa shape index (κ2) is 66.1. The molecule has 0 rings (SSSR count). The van der Waals surface area contributed by atoms with Crippen LogP contribution in [-0.2, 0) is 28.6 Å². The van der Waals surface area contributed by atoms with Crippen molar-refractivity contribution in [2.75, 3.05) is 13.2 Å². The van der Waals surface area contributed by atoms with E-state index in [1.54, 1.807) is 0 Å². The maximum absolute atomic E-state index is 12.9. The summed E-state index contributed by atoms with van der Waals surface area (Å²) >= 11 is 0. The second-order valence-corrected chi connectivity index (χ2v) is 22.4. The fraction of sp³-hybridized carbons (Fsp3) is 0.764. The molecule has 0 N–H and O–H groups in total. The molecule has 1 unspecified atom stereocenters. The normalized spacial score (nSPS) is 12.6. The highest BCUT2D eigenvalue weighted by Gasteiger charge is 2.19. The van der Waals surface area contributed by atoms with Gasteiger partial charge in [0.15, 0.2) is 6.10 Å². The van der Waals surface area contributed by atoms with Crippen LogP contribution in [0.25, 0.3) is 0 Å². The minimum absolute atomic E-state index is 0.0839. The minimum atomic E-state index is -0.789. The van der Waals surface area contributed by atoms with Gasteiger partial charge in [0.1, 0.15) is 13.2 Å². The van der Waals surface area contributed by atoms with Gasteiger partial charge in [-0.15, -0.1) is 0 Å². The average molecular weight is 1090 g/mol. The summed E-state index contributed by atoms with van der Waals surface area (Å²) in [7, 11) is 0. The molecule has 0 saturated heterocycles. The van der Waals surface area contributed by atoms with Crippen LogP contribution in [0.2, 0.25) is 0 Å². The van der Waals surface area contributed by atoms with Crippen molar-refractivity contribution in [2.24, 2.45) is 0 Å². The molecule has 0 radical (unpaired) electrons. The number of hydrogen-bond donors (Lipinski definition) is 0. The Morgan fingerprint density at radius 3 is 0.795 bits per heavy atom. The molecule has 0 bridgehead atoms. The fourth-order valence-electron chi connectivity index (χ4n) is 9.62. The summed E-state index contributed by atoms with van der Waals surface area (Å²) in [6.07, 6.45) is 87.5. The number of allylic oxidation sites excluding steroid dienone is 14. The molecule has 78 heavy (non-hydrogen) atoms. The quantitative estimate of drug-likeness (QED) is 0.0261. The Morgan fingerprint density at radius 2 is 0.500 bits per heavy atom. The first-order valence-corrected chi connectivity index (χ1v) is 33.6. The van der Waals surface area contributed by atoms with E-state index >= 15 is 0 Å². The second-order valence-electron chi connectivity index (χ2n) is 22.4. The Kier molecular flexibility index (Phi) is 63.2. The Balaban J connectivity index is 4.24. The third-order valence-electron chi connectivity index (χ3n) is 14.6. The first-order chi connectivity index (χ1) is 38.5. The fourth-order valence-corrected chi connectivity index (χ4v) is 9.62. The van der Waals surface area contributed by atoms with Gasteiger partial charge in [0.2, 0.25) is 0 Å². The number of esters is 3. The molecule has 0 fully saturated rings. The first-order valence-electron chi connectivity index (χ1n) is 33.6. The highest BCUT2D eigenvalue weighted by molar-refractivity contribution is 5.71. The minimum Gasteiger partial charge on any atom is -0.462 e. The number of rotatable bonds is 61. The van der Waals surface area contributed by atoms with E-state index in [1.807, 2.05) is 0 Å². The lowest BCUT2D eigenvalue weighted by Gasteiger charge is -2.18. The molecule has 0 saturated carbocycles. The van der Waals surface area contributed by atoms with Crippen molar-refractivity contribution >= 4 is 17.9 Å². The van der Waals surface area contributed by atoms with Gasteiger partial charge >= 0.3 is 17.9 Å². The lowest BCUT2D eigenvalue weighted by Crippen LogP contribution is -2.30. The van der Waals surface area contributed by atoms with Crippen LogP contribution in [0.15, 0.2) is 85.1 Å². The zero-order chi connectivity index (χ0) is 56.4. The number of carbonyl (C=O) groups is 3. The van der Waals surface area contributed by atoms with Crippen LogP contribution in [0.1, 0.15) is 335 Å². The number of carbonyl (C=O) groups excluding carboxylic acids is 3. The van der Waals surface area contributed by atoms with E-state index in [4.69, 9.17) is 14.2 Å². The smallest absolute Gasteiger partial charge is 0.306 e. The van der Waals surface area contributed by atoms with Crippen molar-refractivity contribution in [3.63, 3.8) is 0 Å². The maximum atomic E-state index is 12.9. The number of unbranched alkanes of at least 4 members (excludes halogenated alkanes) is 36. The van der Waals surface area contributed by atoms with E-state index in [0.717, 1.165) is 109 Å². The van der Waals surface area contributed by atoms with Gasteiger partial charge in [-0.05, 0) is 96.3 Å². The predicted molar refractivity (Wildman–Crippen MR) is 339 cm³/mol. The SMILES string of the molecule is CC/C=C\C/C=C\C/C=C\C/C=C\C/C=C\C/C=C\CCCCCCC(=O)OC(COC(=O)CCCCCCCCCCCC)COC(=O)CCCCCCCCCCCCCCCCC/C=C\CCCCCCCCCC. The molecule has 6 heteroatoms. The van der Waals surface area contributed by atoms with Gasteiger partial charge in [-0.2, -0.15) is 0 Å². The Labute approximate surface area is 484 Å². The van der Waals surface area contributed by atoms with E-state index in [0.29, 0.717) is 19.3 Å². The van der Waals surface area contributed by atoms with E-state index in [9.17, 15) is 14.4 Å². The van der Waals surface area contributed by atoms with Gasteiger partial charge in [-0.25, -0.2) is 0 Å². The zero-order valence-corrected chi connectivity index (χ0v) is 51.7. The largest absolute Gasteiger partial charge is 0.462 e. The summed E-state index contributed by atoms with van der Waals surface area (Å²) in [5.41, 5.74) is 0. The zero-order valence-electron chi connectivity index (χ0n) is 51.7. The van der Waals surface area contributed by atoms with Crippen molar-refractivity contribution < 1.29 is 28.6 Å². The molecule has 6 nitrogen and oxygen atoms in total. The number of hydrogen-bond acceptors (Lipinski definition) is 6. The van der Waals surface area contributed by atoms with Crippen LogP contribution in [0, 0.1) is 0 Å². The highest BCUT2D eigenvalue weighted by atomic mass is 16.6. The van der Waals surface area contributed by atoms with Crippen molar-refractivity contribution in [2.45, 2.75) is 341 Å². The molecule has 0 aromatic rings. The van der Waals surface area contributed by atoms with Crippen LogP contribution >= 0.6 is 0 Å². The van der Waals surface area contributed by atoms with Crippen molar-refractivity contribution in [3.05, 3.63) is 85.1 Å². The molecule has 0 aliphatic heterocycles. The van der Waals surface area contributed by atoms with Gasteiger partial charge in [0, 0.05) is 19.3 Å². The van der Waals surface area contributed by atoms with Crippen LogP contribution in [0.4, 0.5) is 0 Å². The van der Waals surface area contributed by atoms with Gasteiger partial charge < -0.3 is 14.2 Å². The molecule has 0 amide bonds. The summed E-state index contributed by atoms with van der Waals surface area (Å²) in [6.45, 7) is 6.53. The van der Waals surface area contributed by atoms with Crippen LogP contribution < -0.4 is 0 Å². The standard InChI is InChI=1S/C72H126O6/c1-4-7-10-13-16-19-22-24-26-28-30-32-34-35-36-37-39-40-42-44-46-48-50-53-56-59-62-65-71(74)77-68-69(67-76-70(73)64-61-58-55-52-21-18-15-12-9-6-3)78-72(75)66-63-60-57-54-51-49-47-45-43-41-38-33-31-29-27-25-23-20-17-14-11-8-5-2/h8,11,17,20,25,27-28,30-31,33,41,43,47,49,69H,4-7,9-10,12-16,18-19,21-24,26,29,32,34-40,42,44-46,48,50-68H2,1-3H3/b11-8-,20-17-,27-25-,30-28-,33-31-,43-41-,49-47-. The lowest BCUT2D eigenvalue weighted by molar-refractivity contribution is -0.167. The van der Waals surface area contributed by atoms with Crippen molar-refractivity contribution in [3.8, 4) is 0 Å². The topological polar surface area (TPSA) is 78.9 Å². The van der Waals surface area contributed by atoms with Crippen molar-refractivity contribution in [1.82, 2.24) is 0 Å². The monoisotopic (exact) mass is 1090 g/mol. The lowest BCUT2D eigenvalue weighted by atomic mass is 10.0. The Morgan fingerprint density at radius 1 is 0.269 bits per heavy atom. The molecule has 0 aromatic heterocycles. The predicted octanol–water partition coefficient (Wildman–Crippen LogP) is 23.1. The maximum Gasteiger partial charge on any atom is 0.306 e. The first kappa shape index (κ1) is 74.6. The molecule has 450 valence electrons. The highest BCUT2D eigenvalue weighted by Crippen LogP contribution is 2.17. The molecule has 0 spiro atoms. The Bertz CT molecular complexity index is 1480. The summed E-state index contributed by atoms with van der Waals surface area (Å²) in [5.74, 6) is -0.896. The molecule has 1 atom stereocenters. The summed E-state index contributed by atoms with van der Waals surface area (Å²) in [6, 6.07) is 0. The molecule has 0 aliphatic carbocycles. The summed E-state index contributed by atoms with van der Waals surface area (Å²) < 4.78 is 16.9. The van der Waals surface area contributed by atoms with Gasteiger partial charge in [0.05, 0.1) is 0 Å². The van der Waals surface area contributed by atoms with Crippen LogP contribution in [0.3, 0.4) is 0 Å². The number of ether oxygens (including phenoxy) is 3. The van der Waals surface area contributed by atoms with E-state index < -0.39 is 6.10 Å². The average Bonchev–Trinajstić information content (AvgIpc) is 3.44. The molecule has 0 heterocycles. The Hall–Kier alpha value is -3.41. The van der Waals surface area contributed by atoms with Crippen molar-refractivity contribution in [1.29, 1.82) is 0 Å².